The van der Waals surface area contributed by atoms with E-state index in [2.05, 4.69) is 0 Å². The highest BCUT2D eigenvalue weighted by Crippen LogP contribution is 2.19. The molecule has 0 radical (unpaired) electrons. The van der Waals surface area contributed by atoms with Gasteiger partial charge >= 0.3 is 5.97 Å². The van der Waals surface area contributed by atoms with E-state index in [4.69, 9.17) is 21.4 Å². The van der Waals surface area contributed by atoms with Gasteiger partial charge in [0, 0.05) is 5.54 Å². The molecule has 0 aliphatic rings. The average molecular weight is 227 g/mol. The Morgan fingerprint density at radius 1 is 1.60 bits per heavy atom. The van der Waals surface area contributed by atoms with Crippen LogP contribution in [0.3, 0.4) is 0 Å². The number of carbonyl (C=O) groups is 1. The standard InChI is InChI=1S/C11H11ClO3/c1-8-3-4-10(15-6-2-5-12)9(7-8)11(13)14/h2-5,7H,6H2,1H3,(H,13,14). The second-order valence-electron chi connectivity index (χ2n) is 2.98. The molecule has 0 saturated carbocycles. The highest BCUT2D eigenvalue weighted by molar-refractivity contribution is 6.25. The molecule has 1 N–H and O–H groups in total. The summed E-state index contributed by atoms with van der Waals surface area (Å²) in [7, 11) is 0. The van der Waals surface area contributed by atoms with Crippen LogP contribution in [0.25, 0.3) is 0 Å². The minimum Gasteiger partial charge on any atom is -0.489 e. The Labute approximate surface area is 92.9 Å². The molecule has 0 spiro atoms. The number of aryl methyl sites for hydroxylation is 1. The fourth-order valence-electron chi connectivity index (χ4n) is 1.11. The quantitative estimate of drug-likeness (QED) is 0.859. The van der Waals surface area contributed by atoms with Gasteiger partial charge in [-0.1, -0.05) is 23.2 Å². The van der Waals surface area contributed by atoms with Gasteiger partial charge in [-0.05, 0) is 25.1 Å². The van der Waals surface area contributed by atoms with E-state index in [9.17, 15) is 4.79 Å². The molecule has 0 aliphatic carbocycles. The summed E-state index contributed by atoms with van der Waals surface area (Å²) in [6, 6.07) is 5.01. The summed E-state index contributed by atoms with van der Waals surface area (Å²) in [5, 5.41) is 8.92. The molecule has 15 heavy (non-hydrogen) atoms. The lowest BCUT2D eigenvalue weighted by atomic mass is 10.1. The Bertz CT molecular complexity index is 385. The van der Waals surface area contributed by atoms with E-state index < -0.39 is 5.97 Å². The smallest absolute Gasteiger partial charge is 0.339 e. The number of ether oxygens (including phenoxy) is 1. The van der Waals surface area contributed by atoms with Gasteiger partial charge in [0.2, 0.25) is 0 Å². The molecular weight excluding hydrogens is 216 g/mol. The van der Waals surface area contributed by atoms with Crippen LogP contribution in [0.1, 0.15) is 15.9 Å². The highest BCUT2D eigenvalue weighted by Gasteiger charge is 2.10. The largest absolute Gasteiger partial charge is 0.489 e. The lowest BCUT2D eigenvalue weighted by molar-refractivity contribution is 0.0692. The molecular formula is C11H11ClO3. The van der Waals surface area contributed by atoms with Crippen molar-refractivity contribution in [2.45, 2.75) is 6.92 Å². The predicted octanol–water partition coefficient (Wildman–Crippen LogP) is 2.82. The molecule has 0 aliphatic heterocycles. The van der Waals surface area contributed by atoms with E-state index in [1.807, 2.05) is 6.92 Å². The number of halogens is 1. The fourth-order valence-corrected chi connectivity index (χ4v) is 1.18. The molecule has 80 valence electrons. The summed E-state index contributed by atoms with van der Waals surface area (Å²) in [5.74, 6) is -0.647. The number of aromatic carboxylic acids is 1. The summed E-state index contributed by atoms with van der Waals surface area (Å²) >= 11 is 5.32. The van der Waals surface area contributed by atoms with Crippen LogP contribution in [-0.2, 0) is 0 Å². The van der Waals surface area contributed by atoms with Gasteiger partial charge in [-0.15, -0.1) is 0 Å². The molecule has 0 fully saturated rings. The van der Waals surface area contributed by atoms with Crippen molar-refractivity contribution in [2.24, 2.45) is 0 Å². The van der Waals surface area contributed by atoms with Crippen LogP contribution in [-0.4, -0.2) is 17.7 Å². The Morgan fingerprint density at radius 2 is 2.33 bits per heavy atom. The van der Waals surface area contributed by atoms with Crippen LogP contribution in [0.5, 0.6) is 5.75 Å². The zero-order chi connectivity index (χ0) is 11.3. The van der Waals surface area contributed by atoms with Gasteiger partial charge in [-0.25, -0.2) is 4.79 Å². The van der Waals surface area contributed by atoms with Gasteiger partial charge in [0.25, 0.3) is 0 Å². The zero-order valence-electron chi connectivity index (χ0n) is 8.24. The predicted molar refractivity (Wildman–Crippen MR) is 58.6 cm³/mol. The second kappa shape index (κ2) is 5.41. The normalized spacial score (nSPS) is 10.5. The van der Waals surface area contributed by atoms with E-state index in [-0.39, 0.29) is 12.2 Å². The van der Waals surface area contributed by atoms with Crippen LogP contribution in [0, 0.1) is 6.92 Å². The molecule has 0 saturated heterocycles. The van der Waals surface area contributed by atoms with E-state index in [1.54, 1.807) is 24.3 Å². The molecule has 0 unspecified atom stereocenters. The maximum absolute atomic E-state index is 10.9. The molecule has 0 aromatic heterocycles. The lowest BCUT2D eigenvalue weighted by Crippen LogP contribution is -2.03. The molecule has 4 heteroatoms. The number of carboxylic acid groups (broad SMARTS) is 1. The Hall–Kier alpha value is -1.48. The zero-order valence-corrected chi connectivity index (χ0v) is 8.99. The third kappa shape index (κ3) is 3.29. The maximum atomic E-state index is 10.9. The molecule has 0 heterocycles. The van der Waals surface area contributed by atoms with Gasteiger partial charge in [-0.2, -0.15) is 0 Å². The summed E-state index contributed by atoms with van der Waals surface area (Å²) in [6.07, 6.45) is 1.59. The van der Waals surface area contributed by atoms with Gasteiger partial charge in [0.15, 0.2) is 0 Å². The third-order valence-electron chi connectivity index (χ3n) is 1.79. The van der Waals surface area contributed by atoms with E-state index >= 15 is 0 Å². The lowest BCUT2D eigenvalue weighted by Gasteiger charge is -2.07. The summed E-state index contributed by atoms with van der Waals surface area (Å²) < 4.78 is 5.24. The van der Waals surface area contributed by atoms with Crippen LogP contribution < -0.4 is 4.74 Å². The van der Waals surface area contributed by atoms with Gasteiger partial charge in [0.05, 0.1) is 0 Å². The summed E-state index contributed by atoms with van der Waals surface area (Å²) in [5.41, 5.74) is 2.37. The minimum absolute atomic E-state index is 0.165. The van der Waals surface area contributed by atoms with Gasteiger partial charge in [-0.3, -0.25) is 0 Å². The maximum Gasteiger partial charge on any atom is 0.339 e. The van der Waals surface area contributed by atoms with E-state index in [0.29, 0.717) is 5.75 Å². The summed E-state index contributed by atoms with van der Waals surface area (Å²) in [6.45, 7) is 2.09. The average Bonchev–Trinajstić information content (AvgIpc) is 2.20. The topological polar surface area (TPSA) is 46.5 Å². The van der Waals surface area contributed by atoms with Crippen molar-refractivity contribution in [1.29, 1.82) is 0 Å². The number of benzene rings is 1. The van der Waals surface area contributed by atoms with Crippen molar-refractivity contribution >= 4 is 17.6 Å². The SMILES string of the molecule is Cc1ccc(OCC=CCl)c(C(=O)O)c1. The van der Waals surface area contributed by atoms with Crippen LogP contribution in [0.4, 0.5) is 0 Å². The fraction of sp³-hybridized carbons (Fsp3) is 0.182. The molecule has 0 amide bonds. The molecule has 1 aromatic rings. The minimum atomic E-state index is -0.997. The molecule has 0 atom stereocenters. The molecule has 1 aromatic carbocycles. The summed E-state index contributed by atoms with van der Waals surface area (Å²) in [4.78, 5) is 10.9. The number of hydrogen-bond donors (Lipinski definition) is 1. The first-order valence-electron chi connectivity index (χ1n) is 4.37. The Kier molecular flexibility index (Phi) is 4.18. The molecule has 3 nitrogen and oxygen atoms in total. The highest BCUT2D eigenvalue weighted by atomic mass is 35.5. The van der Waals surface area contributed by atoms with Crippen molar-refractivity contribution in [3.05, 3.63) is 40.9 Å². The van der Waals surface area contributed by atoms with E-state index in [0.717, 1.165) is 5.56 Å². The number of hydrogen-bond acceptors (Lipinski definition) is 2. The van der Waals surface area contributed by atoms with Crippen LogP contribution >= 0.6 is 11.6 Å². The van der Waals surface area contributed by atoms with Gasteiger partial charge in [0.1, 0.15) is 17.9 Å². The van der Waals surface area contributed by atoms with Crippen molar-refractivity contribution in [2.75, 3.05) is 6.61 Å². The van der Waals surface area contributed by atoms with Crippen molar-refractivity contribution in [3.63, 3.8) is 0 Å². The monoisotopic (exact) mass is 226 g/mol. The van der Waals surface area contributed by atoms with Crippen molar-refractivity contribution < 1.29 is 14.6 Å². The first kappa shape index (κ1) is 11.6. The van der Waals surface area contributed by atoms with Gasteiger partial charge < -0.3 is 9.84 Å². The molecule has 0 bridgehead atoms. The van der Waals surface area contributed by atoms with Crippen molar-refractivity contribution in [1.82, 2.24) is 0 Å². The number of rotatable bonds is 4. The second-order valence-corrected chi connectivity index (χ2v) is 3.23. The Morgan fingerprint density at radius 3 is 2.93 bits per heavy atom. The van der Waals surface area contributed by atoms with E-state index in [1.165, 1.54) is 5.54 Å². The first-order chi connectivity index (χ1) is 7.15. The van der Waals surface area contributed by atoms with Crippen LogP contribution in [0.2, 0.25) is 0 Å². The van der Waals surface area contributed by atoms with Crippen LogP contribution in [0.15, 0.2) is 29.8 Å². The van der Waals surface area contributed by atoms with Crippen molar-refractivity contribution in [3.8, 4) is 5.75 Å². The Balaban J connectivity index is 2.90. The molecule has 1 rings (SSSR count). The number of carboxylic acids is 1. The first-order valence-corrected chi connectivity index (χ1v) is 4.80. The third-order valence-corrected chi connectivity index (χ3v) is 1.97.